The van der Waals surface area contributed by atoms with Crippen LogP contribution in [0.4, 0.5) is 0 Å². The number of para-hydroxylation sites is 1. The van der Waals surface area contributed by atoms with Crippen LogP contribution >= 0.6 is 0 Å². The Kier molecular flexibility index (Phi) is 4.43. The fourth-order valence-corrected chi connectivity index (χ4v) is 2.76. The second-order valence-corrected chi connectivity index (χ2v) is 4.85. The molecule has 94 valence electrons. The van der Waals surface area contributed by atoms with E-state index in [0.29, 0.717) is 12.1 Å². The Morgan fingerprint density at radius 1 is 1.29 bits per heavy atom. The molecular formula is C15H23NO. The Morgan fingerprint density at radius 2 is 2.00 bits per heavy atom. The molecule has 1 aromatic carbocycles. The van der Waals surface area contributed by atoms with Crippen LogP contribution in [0.5, 0.6) is 5.75 Å². The molecule has 0 spiro atoms. The van der Waals surface area contributed by atoms with E-state index in [9.17, 15) is 0 Å². The lowest BCUT2D eigenvalue weighted by molar-refractivity contribution is 0.382. The van der Waals surface area contributed by atoms with Gasteiger partial charge in [-0.15, -0.1) is 0 Å². The van der Waals surface area contributed by atoms with Gasteiger partial charge < -0.3 is 10.1 Å². The average molecular weight is 233 g/mol. The molecule has 1 fully saturated rings. The van der Waals surface area contributed by atoms with Gasteiger partial charge in [-0.3, -0.25) is 0 Å². The molecule has 1 atom stereocenters. The summed E-state index contributed by atoms with van der Waals surface area (Å²) in [6, 6.07) is 9.48. The minimum Gasteiger partial charge on any atom is -0.496 e. The quantitative estimate of drug-likeness (QED) is 0.837. The molecule has 1 saturated carbocycles. The van der Waals surface area contributed by atoms with Crippen LogP contribution in [0, 0.1) is 0 Å². The van der Waals surface area contributed by atoms with Crippen LogP contribution in [0.3, 0.4) is 0 Å². The van der Waals surface area contributed by atoms with Crippen molar-refractivity contribution < 1.29 is 4.74 Å². The van der Waals surface area contributed by atoms with E-state index in [-0.39, 0.29) is 0 Å². The van der Waals surface area contributed by atoms with E-state index in [1.807, 2.05) is 12.1 Å². The van der Waals surface area contributed by atoms with Gasteiger partial charge in [0.1, 0.15) is 5.75 Å². The van der Waals surface area contributed by atoms with Crippen molar-refractivity contribution in [2.24, 2.45) is 0 Å². The Labute approximate surface area is 104 Å². The molecule has 2 nitrogen and oxygen atoms in total. The summed E-state index contributed by atoms with van der Waals surface area (Å²) < 4.78 is 5.45. The van der Waals surface area contributed by atoms with Gasteiger partial charge in [0.25, 0.3) is 0 Å². The summed E-state index contributed by atoms with van der Waals surface area (Å²) >= 11 is 0. The number of hydrogen-bond acceptors (Lipinski definition) is 2. The topological polar surface area (TPSA) is 21.3 Å². The van der Waals surface area contributed by atoms with Gasteiger partial charge in [-0.25, -0.2) is 0 Å². The standard InChI is InChI=1S/C15H23NO/c1-3-14(16-12-8-4-5-9-12)13-10-6-7-11-15(13)17-2/h6-7,10-12,14,16H,3-5,8-9H2,1-2H3. The normalized spacial score (nSPS) is 18.2. The van der Waals surface area contributed by atoms with Gasteiger partial charge in [-0.1, -0.05) is 38.0 Å². The van der Waals surface area contributed by atoms with E-state index in [4.69, 9.17) is 4.74 Å². The highest BCUT2D eigenvalue weighted by atomic mass is 16.5. The molecule has 17 heavy (non-hydrogen) atoms. The van der Waals surface area contributed by atoms with Gasteiger partial charge in [-0.2, -0.15) is 0 Å². The van der Waals surface area contributed by atoms with Crippen molar-refractivity contribution in [3.05, 3.63) is 29.8 Å². The molecule has 0 saturated heterocycles. The van der Waals surface area contributed by atoms with Gasteiger partial charge in [0.15, 0.2) is 0 Å². The first-order valence-electron chi connectivity index (χ1n) is 6.74. The maximum Gasteiger partial charge on any atom is 0.123 e. The van der Waals surface area contributed by atoms with E-state index in [2.05, 4.69) is 24.4 Å². The van der Waals surface area contributed by atoms with Crippen molar-refractivity contribution in [2.75, 3.05) is 7.11 Å². The predicted molar refractivity (Wildman–Crippen MR) is 71.4 cm³/mol. The summed E-state index contributed by atoms with van der Waals surface area (Å²) in [4.78, 5) is 0. The van der Waals surface area contributed by atoms with Crippen LogP contribution in [-0.4, -0.2) is 13.2 Å². The maximum atomic E-state index is 5.45. The summed E-state index contributed by atoms with van der Waals surface area (Å²) in [5.41, 5.74) is 1.30. The minimum absolute atomic E-state index is 0.425. The number of hydrogen-bond donors (Lipinski definition) is 1. The highest BCUT2D eigenvalue weighted by Gasteiger charge is 2.20. The smallest absolute Gasteiger partial charge is 0.123 e. The molecule has 0 aromatic heterocycles. The van der Waals surface area contributed by atoms with E-state index in [1.165, 1.54) is 31.2 Å². The van der Waals surface area contributed by atoms with Gasteiger partial charge in [0.2, 0.25) is 0 Å². The van der Waals surface area contributed by atoms with Gasteiger partial charge in [-0.05, 0) is 25.3 Å². The van der Waals surface area contributed by atoms with E-state index < -0.39 is 0 Å². The zero-order valence-electron chi connectivity index (χ0n) is 10.9. The van der Waals surface area contributed by atoms with Crippen LogP contribution < -0.4 is 10.1 Å². The Balaban J connectivity index is 2.10. The number of rotatable bonds is 5. The zero-order chi connectivity index (χ0) is 12.1. The van der Waals surface area contributed by atoms with E-state index in [1.54, 1.807) is 7.11 Å². The van der Waals surface area contributed by atoms with E-state index in [0.717, 1.165) is 12.2 Å². The first kappa shape index (κ1) is 12.4. The van der Waals surface area contributed by atoms with E-state index >= 15 is 0 Å². The minimum atomic E-state index is 0.425. The van der Waals surface area contributed by atoms with Crippen molar-refractivity contribution in [3.8, 4) is 5.75 Å². The first-order valence-corrected chi connectivity index (χ1v) is 6.74. The maximum absolute atomic E-state index is 5.45. The third kappa shape index (κ3) is 3.01. The monoisotopic (exact) mass is 233 g/mol. The molecule has 1 aliphatic carbocycles. The lowest BCUT2D eigenvalue weighted by Crippen LogP contribution is -2.30. The molecule has 0 bridgehead atoms. The predicted octanol–water partition coefficient (Wildman–Crippen LogP) is 3.68. The third-order valence-electron chi connectivity index (χ3n) is 3.71. The summed E-state index contributed by atoms with van der Waals surface area (Å²) in [6.07, 6.45) is 6.51. The largest absolute Gasteiger partial charge is 0.496 e. The van der Waals surface area contributed by atoms with Crippen LogP contribution in [-0.2, 0) is 0 Å². The Bertz CT molecular complexity index is 345. The molecule has 1 unspecified atom stereocenters. The number of methoxy groups -OCH3 is 1. The average Bonchev–Trinajstić information content (AvgIpc) is 2.89. The number of ether oxygens (including phenoxy) is 1. The molecule has 0 heterocycles. The fraction of sp³-hybridized carbons (Fsp3) is 0.600. The summed E-state index contributed by atoms with van der Waals surface area (Å²) in [5, 5.41) is 3.78. The molecule has 2 rings (SSSR count). The van der Waals surface area contributed by atoms with Crippen molar-refractivity contribution in [3.63, 3.8) is 0 Å². The number of benzene rings is 1. The summed E-state index contributed by atoms with van der Waals surface area (Å²) in [7, 11) is 1.75. The highest BCUT2D eigenvalue weighted by Crippen LogP contribution is 2.29. The van der Waals surface area contributed by atoms with Crippen molar-refractivity contribution >= 4 is 0 Å². The second kappa shape index (κ2) is 6.06. The van der Waals surface area contributed by atoms with Crippen molar-refractivity contribution in [1.82, 2.24) is 5.32 Å². The van der Waals surface area contributed by atoms with Gasteiger partial charge in [0, 0.05) is 17.6 Å². The van der Waals surface area contributed by atoms with Crippen LogP contribution in [0.2, 0.25) is 0 Å². The molecule has 1 aromatic rings. The fourth-order valence-electron chi connectivity index (χ4n) is 2.76. The van der Waals surface area contributed by atoms with Crippen LogP contribution in [0.15, 0.2) is 24.3 Å². The highest BCUT2D eigenvalue weighted by molar-refractivity contribution is 5.35. The van der Waals surface area contributed by atoms with Gasteiger partial charge >= 0.3 is 0 Å². The van der Waals surface area contributed by atoms with Crippen LogP contribution in [0.25, 0.3) is 0 Å². The Morgan fingerprint density at radius 3 is 2.65 bits per heavy atom. The zero-order valence-corrected chi connectivity index (χ0v) is 10.9. The first-order chi connectivity index (χ1) is 8.35. The molecular weight excluding hydrogens is 210 g/mol. The van der Waals surface area contributed by atoms with Crippen LogP contribution in [0.1, 0.15) is 50.6 Å². The molecule has 2 heteroatoms. The number of nitrogens with one attached hydrogen (secondary N) is 1. The molecule has 1 aliphatic rings. The van der Waals surface area contributed by atoms with Gasteiger partial charge in [0.05, 0.1) is 7.11 Å². The van der Waals surface area contributed by atoms with Crippen molar-refractivity contribution in [1.29, 1.82) is 0 Å². The second-order valence-electron chi connectivity index (χ2n) is 4.85. The SMILES string of the molecule is CCC(NC1CCCC1)c1ccccc1OC. The lowest BCUT2D eigenvalue weighted by atomic mass is 10.0. The molecule has 0 aliphatic heterocycles. The molecule has 1 N–H and O–H groups in total. The summed E-state index contributed by atoms with van der Waals surface area (Å²) in [6.45, 7) is 2.24. The third-order valence-corrected chi connectivity index (χ3v) is 3.71. The summed E-state index contributed by atoms with van der Waals surface area (Å²) in [5.74, 6) is 1.00. The van der Waals surface area contributed by atoms with Crippen molar-refractivity contribution in [2.45, 2.75) is 51.1 Å². The lowest BCUT2D eigenvalue weighted by Gasteiger charge is -2.23. The molecule has 0 radical (unpaired) electrons. The molecule has 0 amide bonds. The Hall–Kier alpha value is -1.02.